The highest BCUT2D eigenvalue weighted by atomic mass is 19.4. The topological polar surface area (TPSA) is 103 Å². The number of para-hydroxylation sites is 1. The number of halogens is 4. The summed E-state index contributed by atoms with van der Waals surface area (Å²) in [6.07, 6.45) is -2.43. The number of allylic oxidation sites excluding steroid dienone is 3. The lowest BCUT2D eigenvalue weighted by molar-refractivity contribution is -0.206. The van der Waals surface area contributed by atoms with Crippen LogP contribution in [-0.4, -0.2) is 48.6 Å². The molecule has 1 aromatic carbocycles. The highest BCUT2D eigenvalue weighted by molar-refractivity contribution is 5.85. The van der Waals surface area contributed by atoms with Crippen molar-refractivity contribution in [2.75, 3.05) is 5.32 Å². The Hall–Kier alpha value is -4.06. The van der Waals surface area contributed by atoms with Gasteiger partial charge in [0.25, 0.3) is 0 Å². The molecule has 1 unspecified atom stereocenters. The Bertz CT molecular complexity index is 1550. The lowest BCUT2D eigenvalue weighted by Crippen LogP contribution is -2.29. The fourth-order valence-electron chi connectivity index (χ4n) is 4.63. The monoisotopic (exact) mass is 513 g/mol. The second kappa shape index (κ2) is 9.43. The third-order valence-corrected chi connectivity index (χ3v) is 6.27. The number of aliphatic hydroxyl groups excluding tert-OH is 1. The van der Waals surface area contributed by atoms with Crippen molar-refractivity contribution < 1.29 is 22.7 Å². The maximum Gasteiger partial charge on any atom is 0.418 e. The molecule has 0 saturated carbocycles. The summed E-state index contributed by atoms with van der Waals surface area (Å²) in [4.78, 5) is 15.7. The molecule has 0 bridgehead atoms. The number of alkyl halides is 3. The van der Waals surface area contributed by atoms with Gasteiger partial charge in [0.15, 0.2) is 17.6 Å². The normalized spacial score (nSPS) is 17.7. The van der Waals surface area contributed by atoms with Crippen LogP contribution in [0, 0.1) is 0 Å². The number of hydrogen-bond donors (Lipinski definition) is 3. The molecule has 0 spiro atoms. The molecule has 0 saturated heterocycles. The standard InChI is InChI=1S/C25H23F4N7O/c1-13(26)9-14(11-30-2)22-34-23-18(21(37)25(27,28)29)12-31-36(23)24(35-22)32-15-7-8-20-17(10-15)16-5-3-4-6-19(16)33-20/h3-6,9,11-12,15,21,33,37H,2,7-8,10H2,1H3,(H,32,34,35)/b13-9+,14-11+/t15-,21?/m1/s1. The zero-order valence-corrected chi connectivity index (χ0v) is 19.7. The highest BCUT2D eigenvalue weighted by Crippen LogP contribution is 2.35. The smallest absolute Gasteiger partial charge is 0.379 e. The number of aromatic amines is 1. The number of anilines is 1. The first-order valence-electron chi connectivity index (χ1n) is 11.5. The summed E-state index contributed by atoms with van der Waals surface area (Å²) < 4.78 is 55.0. The number of H-pyrrole nitrogens is 1. The first kappa shape index (κ1) is 24.6. The molecule has 3 heterocycles. The van der Waals surface area contributed by atoms with Crippen LogP contribution < -0.4 is 5.32 Å². The maximum atomic E-state index is 13.8. The van der Waals surface area contributed by atoms with Gasteiger partial charge in [-0.2, -0.15) is 27.8 Å². The number of hydrogen-bond acceptors (Lipinski definition) is 6. The zero-order valence-electron chi connectivity index (χ0n) is 19.7. The van der Waals surface area contributed by atoms with Gasteiger partial charge in [-0.25, -0.2) is 9.37 Å². The third-order valence-electron chi connectivity index (χ3n) is 6.27. The molecular formula is C25H23F4N7O. The number of nitrogens with zero attached hydrogens (tertiary/aromatic N) is 5. The van der Waals surface area contributed by atoms with Gasteiger partial charge in [-0.1, -0.05) is 18.2 Å². The van der Waals surface area contributed by atoms with Crippen molar-refractivity contribution in [3.05, 3.63) is 71.2 Å². The van der Waals surface area contributed by atoms with E-state index in [9.17, 15) is 22.7 Å². The van der Waals surface area contributed by atoms with E-state index in [-0.39, 0.29) is 29.0 Å². The molecule has 2 atom stereocenters. The Labute approximate surface area is 208 Å². The Morgan fingerprint density at radius 3 is 2.84 bits per heavy atom. The number of aliphatic hydroxyl groups is 1. The van der Waals surface area contributed by atoms with Gasteiger partial charge in [0.2, 0.25) is 5.95 Å². The SMILES string of the molecule is C=N/C=C(\C=C(/C)F)c1nc(N[C@@H]2CCc3[nH]c4ccccc4c3C2)n2ncc(C(O)C(F)(F)F)c2n1. The summed E-state index contributed by atoms with van der Waals surface area (Å²) in [5.74, 6) is -0.580. The Kier molecular flexibility index (Phi) is 6.28. The van der Waals surface area contributed by atoms with E-state index in [4.69, 9.17) is 0 Å². The molecule has 0 amide bonds. The van der Waals surface area contributed by atoms with Crippen LogP contribution in [0.15, 0.2) is 53.6 Å². The predicted molar refractivity (Wildman–Crippen MR) is 132 cm³/mol. The van der Waals surface area contributed by atoms with Gasteiger partial charge in [0.05, 0.1) is 17.6 Å². The molecule has 4 aromatic rings. The molecular weight excluding hydrogens is 490 g/mol. The van der Waals surface area contributed by atoms with E-state index in [0.717, 1.165) is 51.8 Å². The molecule has 3 N–H and O–H groups in total. The molecule has 1 aliphatic rings. The van der Waals surface area contributed by atoms with E-state index in [1.54, 1.807) is 0 Å². The summed E-state index contributed by atoms with van der Waals surface area (Å²) in [7, 11) is 0. The molecule has 192 valence electrons. The van der Waals surface area contributed by atoms with Crippen molar-refractivity contribution in [1.29, 1.82) is 0 Å². The molecule has 0 aliphatic heterocycles. The molecule has 12 heteroatoms. The van der Waals surface area contributed by atoms with Crippen LogP contribution in [0.1, 0.15) is 42.1 Å². The average molecular weight is 513 g/mol. The minimum Gasteiger partial charge on any atom is -0.379 e. The summed E-state index contributed by atoms with van der Waals surface area (Å²) in [5.41, 5.74) is 2.63. The summed E-state index contributed by atoms with van der Waals surface area (Å²) in [6.45, 7) is 4.56. The maximum absolute atomic E-state index is 13.8. The van der Waals surface area contributed by atoms with Crippen LogP contribution in [0.25, 0.3) is 22.1 Å². The number of aromatic nitrogens is 5. The molecule has 0 fully saturated rings. The second-order valence-corrected chi connectivity index (χ2v) is 8.86. The van der Waals surface area contributed by atoms with Gasteiger partial charge in [0.1, 0.15) is 0 Å². The number of fused-ring (bicyclic) bond motifs is 4. The average Bonchev–Trinajstić information content (AvgIpc) is 3.44. The fraction of sp³-hybridized carbons (Fsp3) is 0.280. The Balaban J connectivity index is 1.59. The van der Waals surface area contributed by atoms with E-state index in [2.05, 4.69) is 37.1 Å². The zero-order chi connectivity index (χ0) is 26.3. The van der Waals surface area contributed by atoms with Gasteiger partial charge >= 0.3 is 6.18 Å². The van der Waals surface area contributed by atoms with Crippen LogP contribution in [-0.2, 0) is 12.8 Å². The van der Waals surface area contributed by atoms with E-state index < -0.39 is 23.7 Å². The quantitative estimate of drug-likeness (QED) is 0.189. The summed E-state index contributed by atoms with van der Waals surface area (Å²) in [6, 6.07) is 7.85. The largest absolute Gasteiger partial charge is 0.418 e. The number of benzene rings is 1. The van der Waals surface area contributed by atoms with Crippen molar-refractivity contribution in [2.45, 2.75) is 44.5 Å². The van der Waals surface area contributed by atoms with E-state index in [1.165, 1.54) is 13.1 Å². The van der Waals surface area contributed by atoms with Crippen LogP contribution in [0.5, 0.6) is 0 Å². The lowest BCUT2D eigenvalue weighted by Gasteiger charge is -2.24. The highest BCUT2D eigenvalue weighted by Gasteiger charge is 2.41. The van der Waals surface area contributed by atoms with E-state index >= 15 is 0 Å². The molecule has 8 nitrogen and oxygen atoms in total. The first-order valence-corrected chi connectivity index (χ1v) is 11.5. The minimum atomic E-state index is -4.94. The fourth-order valence-corrected chi connectivity index (χ4v) is 4.63. The second-order valence-electron chi connectivity index (χ2n) is 8.86. The summed E-state index contributed by atoms with van der Waals surface area (Å²) in [5, 5.41) is 18.4. The molecule has 37 heavy (non-hydrogen) atoms. The molecule has 5 rings (SSSR count). The van der Waals surface area contributed by atoms with Gasteiger partial charge in [-0.05, 0) is 50.6 Å². The molecule has 3 aromatic heterocycles. The van der Waals surface area contributed by atoms with Crippen molar-refractivity contribution in [3.8, 4) is 0 Å². The number of aliphatic imine (C=N–C) groups is 1. The predicted octanol–water partition coefficient (Wildman–Crippen LogP) is 5.09. The van der Waals surface area contributed by atoms with Gasteiger partial charge < -0.3 is 15.4 Å². The Morgan fingerprint density at radius 1 is 1.32 bits per heavy atom. The molecule has 1 aliphatic carbocycles. The van der Waals surface area contributed by atoms with E-state index in [0.29, 0.717) is 6.42 Å². The number of aryl methyl sites for hydroxylation is 1. The first-order chi connectivity index (χ1) is 17.7. The third kappa shape index (κ3) is 4.71. The van der Waals surface area contributed by atoms with Crippen LogP contribution in [0.2, 0.25) is 0 Å². The number of rotatable bonds is 6. The van der Waals surface area contributed by atoms with Gasteiger partial charge in [-0.3, -0.25) is 4.99 Å². The Morgan fingerprint density at radius 2 is 2.11 bits per heavy atom. The van der Waals surface area contributed by atoms with Crippen LogP contribution in [0.4, 0.5) is 23.5 Å². The molecule has 0 radical (unpaired) electrons. The van der Waals surface area contributed by atoms with Crippen molar-refractivity contribution >= 4 is 34.8 Å². The van der Waals surface area contributed by atoms with Gasteiger partial charge in [0, 0.05) is 34.4 Å². The van der Waals surface area contributed by atoms with Crippen LogP contribution >= 0.6 is 0 Å². The van der Waals surface area contributed by atoms with Gasteiger partial charge in [-0.15, -0.1) is 0 Å². The van der Waals surface area contributed by atoms with Crippen LogP contribution in [0.3, 0.4) is 0 Å². The summed E-state index contributed by atoms with van der Waals surface area (Å²) >= 11 is 0. The van der Waals surface area contributed by atoms with Crippen molar-refractivity contribution in [2.24, 2.45) is 4.99 Å². The minimum absolute atomic E-state index is 0.0942. The van der Waals surface area contributed by atoms with Crippen molar-refractivity contribution in [3.63, 3.8) is 0 Å². The van der Waals surface area contributed by atoms with E-state index in [1.807, 2.05) is 24.3 Å². The van der Waals surface area contributed by atoms with Crippen molar-refractivity contribution in [1.82, 2.24) is 24.6 Å². The number of nitrogens with one attached hydrogen (secondary N) is 2. The lowest BCUT2D eigenvalue weighted by atomic mass is 9.91.